The minimum absolute atomic E-state index is 0.140. The zero-order valence-electron chi connectivity index (χ0n) is 47.4. The summed E-state index contributed by atoms with van der Waals surface area (Å²) in [5.74, 6) is 0.807. The van der Waals surface area contributed by atoms with Crippen LogP contribution in [0.5, 0.6) is 0 Å². The predicted octanol–water partition coefficient (Wildman–Crippen LogP) is 22.1. The lowest BCUT2D eigenvalue weighted by molar-refractivity contribution is 0.659. The molecule has 2 unspecified atom stereocenters. The van der Waals surface area contributed by atoms with Gasteiger partial charge in [0.1, 0.15) is 0 Å². The summed E-state index contributed by atoms with van der Waals surface area (Å²) < 4.78 is 4.85. The zero-order chi connectivity index (χ0) is 56.3. The molecule has 0 amide bonds. The highest BCUT2D eigenvalue weighted by atomic mass is 15.0. The molecule has 0 saturated heterocycles. The van der Waals surface area contributed by atoms with E-state index in [1.54, 1.807) is 0 Å². The largest absolute Gasteiger partial charge is 0.310 e. The van der Waals surface area contributed by atoms with Crippen molar-refractivity contribution >= 4 is 106 Å². The molecule has 3 aliphatic rings. The van der Waals surface area contributed by atoms with Gasteiger partial charge in [-0.05, 0) is 178 Å². The first-order valence-corrected chi connectivity index (χ1v) is 29.9. The fourth-order valence-corrected chi connectivity index (χ4v) is 14.2. The topological polar surface area (TPSA) is 9.86 Å². The number of aromatic nitrogens is 2. The molecule has 2 nitrogen and oxygen atoms in total. The van der Waals surface area contributed by atoms with E-state index in [0.29, 0.717) is 11.8 Å². The van der Waals surface area contributed by atoms with Crippen LogP contribution in [0.3, 0.4) is 0 Å². The second kappa shape index (κ2) is 19.3. The highest BCUT2D eigenvalue weighted by Crippen LogP contribution is 2.50. The summed E-state index contributed by atoms with van der Waals surface area (Å²) in [6.07, 6.45) is 25.1. The molecule has 0 radical (unpaired) electrons. The fourth-order valence-electron chi connectivity index (χ4n) is 14.2. The normalized spacial score (nSPS) is 16.0. The van der Waals surface area contributed by atoms with Gasteiger partial charge in [0, 0.05) is 50.2 Å². The number of para-hydroxylation sites is 2. The van der Waals surface area contributed by atoms with Gasteiger partial charge in [-0.15, -0.1) is 0 Å². The van der Waals surface area contributed by atoms with Crippen LogP contribution >= 0.6 is 0 Å². The highest BCUT2D eigenvalue weighted by Gasteiger charge is 2.35. The van der Waals surface area contributed by atoms with Crippen LogP contribution in [-0.4, -0.2) is 9.13 Å². The molecule has 0 bridgehead atoms. The van der Waals surface area contributed by atoms with Gasteiger partial charge in [-0.2, -0.15) is 0 Å². The molecule has 400 valence electrons. The maximum absolute atomic E-state index is 2.44. The lowest BCUT2D eigenvalue weighted by Crippen LogP contribution is -2.15. The van der Waals surface area contributed by atoms with Crippen LogP contribution in [0.15, 0.2) is 279 Å². The maximum Gasteiger partial charge on any atom is 0.0541 e. The van der Waals surface area contributed by atoms with Crippen molar-refractivity contribution in [3.63, 3.8) is 0 Å². The summed E-state index contributed by atoms with van der Waals surface area (Å²) in [7, 11) is 0. The molecule has 0 saturated carbocycles. The number of nitrogens with zero attached hydrogens (tertiary/aromatic N) is 2. The molecule has 0 fully saturated rings. The Morgan fingerprint density at radius 3 is 1.38 bits per heavy atom. The van der Waals surface area contributed by atoms with Gasteiger partial charge in [0.15, 0.2) is 0 Å². The number of allylic oxidation sites excluding steroid dienone is 8. The summed E-state index contributed by atoms with van der Waals surface area (Å²) in [4.78, 5) is 0. The Balaban J connectivity index is 0.591. The molecule has 3 aliphatic carbocycles. The molecular weight excluding hydrogens is 1020 g/mol. The Morgan fingerprint density at radius 2 is 0.765 bits per heavy atom. The second-order valence-electron chi connectivity index (χ2n) is 24.1. The van der Waals surface area contributed by atoms with E-state index >= 15 is 0 Å². The lowest BCUT2D eigenvalue weighted by Gasteiger charge is -2.24. The molecule has 2 aromatic heterocycles. The Hall–Kier alpha value is -10.5. The van der Waals surface area contributed by atoms with E-state index in [9.17, 15) is 0 Å². The Morgan fingerprint density at radius 1 is 0.329 bits per heavy atom. The van der Waals surface area contributed by atoms with Crippen LogP contribution in [0.4, 0.5) is 0 Å². The zero-order valence-corrected chi connectivity index (χ0v) is 47.4. The molecule has 14 aromatic rings. The lowest BCUT2D eigenvalue weighted by atomic mass is 9.81. The molecule has 0 N–H and O–H groups in total. The Bertz CT molecular complexity index is 5350. The minimum atomic E-state index is -0.140. The first kappa shape index (κ1) is 49.1. The summed E-state index contributed by atoms with van der Waals surface area (Å²) in [6, 6.07) is 88.3. The van der Waals surface area contributed by atoms with E-state index in [0.717, 1.165) is 0 Å². The smallest absolute Gasteiger partial charge is 0.0541 e. The standard InChI is InChI=1S/C83H58N2/c1-83(2)77-45-55(21-19-53-23-27-63-47-65(31-29-61(63)43-53)67-35-41-81-75(51-67)73-15-7-9-17-79(73)84(81)69-37-33-57-11-3-5-13-59(57)49-69)25-39-71(77)72-40-26-56(46-78(72)83)22-20-54-24-28-64-48-66(32-30-62(64)44-54)68-36-42-82-76(52-68)74-16-8-10-18-80(74)85(82)70-38-34-58-12-4-6-14-60(58)50-70/h3-52,57,59H,1-2H3/b21-19+,22-20+. The number of hydrogen-bond acceptors (Lipinski definition) is 0. The van der Waals surface area contributed by atoms with Gasteiger partial charge in [0.05, 0.1) is 22.1 Å². The summed E-state index contributed by atoms with van der Waals surface area (Å²) in [5, 5.41) is 12.5. The van der Waals surface area contributed by atoms with Crippen molar-refractivity contribution in [2.45, 2.75) is 19.3 Å². The SMILES string of the molecule is CC1(C)c2cc(/C=C/c3ccc4cc(-c5ccc6c(c5)c5ccccc5n6C5=CC6C=CC=CC6C=C5)ccc4c3)ccc2-c2ccc(/C=C/c3ccc4cc(-c5ccc6c(c5)c5ccccc5n6-c5ccc6ccccc6c5)ccc4c3)cc21. The highest BCUT2D eigenvalue weighted by molar-refractivity contribution is 6.13. The molecule has 17 rings (SSSR count). The van der Waals surface area contributed by atoms with Crippen molar-refractivity contribution < 1.29 is 0 Å². The van der Waals surface area contributed by atoms with Crippen molar-refractivity contribution in [2.75, 3.05) is 0 Å². The average molecular weight is 1080 g/mol. The summed E-state index contributed by atoms with van der Waals surface area (Å²) in [5.41, 5.74) is 22.3. The van der Waals surface area contributed by atoms with Gasteiger partial charge in [0.25, 0.3) is 0 Å². The molecule has 0 spiro atoms. The van der Waals surface area contributed by atoms with Gasteiger partial charge < -0.3 is 9.13 Å². The third-order valence-corrected chi connectivity index (χ3v) is 18.7. The van der Waals surface area contributed by atoms with E-state index in [-0.39, 0.29) is 5.41 Å². The van der Waals surface area contributed by atoms with Crippen LogP contribution in [0.25, 0.3) is 145 Å². The maximum atomic E-state index is 2.44. The Kier molecular flexibility index (Phi) is 11.1. The van der Waals surface area contributed by atoms with E-state index in [2.05, 4.69) is 326 Å². The van der Waals surface area contributed by atoms with Crippen LogP contribution in [-0.2, 0) is 5.41 Å². The first-order chi connectivity index (χ1) is 41.8. The second-order valence-corrected chi connectivity index (χ2v) is 24.1. The Labute approximate surface area is 494 Å². The van der Waals surface area contributed by atoms with Crippen molar-refractivity contribution in [3.05, 3.63) is 313 Å². The van der Waals surface area contributed by atoms with E-state index < -0.39 is 0 Å². The van der Waals surface area contributed by atoms with Gasteiger partial charge in [0.2, 0.25) is 0 Å². The molecule has 2 heterocycles. The van der Waals surface area contributed by atoms with Crippen molar-refractivity contribution in [2.24, 2.45) is 11.8 Å². The van der Waals surface area contributed by atoms with E-state index in [1.807, 2.05) is 0 Å². The summed E-state index contributed by atoms with van der Waals surface area (Å²) in [6.45, 7) is 4.75. The number of benzene rings is 12. The van der Waals surface area contributed by atoms with Gasteiger partial charge >= 0.3 is 0 Å². The molecule has 0 aliphatic heterocycles. The van der Waals surface area contributed by atoms with Crippen molar-refractivity contribution in [1.82, 2.24) is 9.13 Å². The van der Waals surface area contributed by atoms with Crippen LogP contribution in [0, 0.1) is 11.8 Å². The van der Waals surface area contributed by atoms with Crippen LogP contribution in [0.2, 0.25) is 0 Å². The fraction of sp³-hybridized carbons (Fsp3) is 0.0602. The summed E-state index contributed by atoms with van der Waals surface area (Å²) >= 11 is 0. The molecule has 2 heteroatoms. The molecule has 12 aromatic carbocycles. The molecular formula is C83H58N2. The predicted molar refractivity (Wildman–Crippen MR) is 364 cm³/mol. The van der Waals surface area contributed by atoms with Gasteiger partial charge in [-0.25, -0.2) is 0 Å². The third-order valence-electron chi connectivity index (χ3n) is 18.7. The third kappa shape index (κ3) is 8.23. The number of hydrogen-bond donors (Lipinski definition) is 0. The minimum Gasteiger partial charge on any atom is -0.310 e. The van der Waals surface area contributed by atoms with Crippen molar-refractivity contribution in [1.29, 1.82) is 0 Å². The van der Waals surface area contributed by atoms with Crippen LogP contribution < -0.4 is 0 Å². The monoisotopic (exact) mass is 1080 g/mol. The van der Waals surface area contributed by atoms with E-state index in [4.69, 9.17) is 0 Å². The van der Waals surface area contributed by atoms with Gasteiger partial charge in [-0.3, -0.25) is 0 Å². The molecule has 85 heavy (non-hydrogen) atoms. The average Bonchev–Trinajstić information content (AvgIpc) is 1.83. The van der Waals surface area contributed by atoms with Crippen molar-refractivity contribution in [3.8, 4) is 39.1 Å². The molecule has 2 atom stereocenters. The van der Waals surface area contributed by atoms with Gasteiger partial charge in [-0.1, -0.05) is 238 Å². The number of fused-ring (bicyclic) bond motifs is 13. The quantitative estimate of drug-likeness (QED) is 0.134. The van der Waals surface area contributed by atoms with E-state index in [1.165, 1.54) is 154 Å². The number of rotatable bonds is 8. The first-order valence-electron chi connectivity index (χ1n) is 29.9. The van der Waals surface area contributed by atoms with Crippen LogP contribution in [0.1, 0.15) is 47.2 Å².